The number of carboxylic acids is 1. The first-order valence-corrected chi connectivity index (χ1v) is 5.96. The normalized spacial score (nSPS) is 23.1. The predicted molar refractivity (Wildman–Crippen MR) is 64.5 cm³/mol. The second-order valence-corrected chi connectivity index (χ2v) is 5.44. The monoisotopic (exact) mass is 273 g/mol. The summed E-state index contributed by atoms with van der Waals surface area (Å²) >= 11 is 0. The van der Waals surface area contributed by atoms with Crippen LogP contribution >= 0.6 is 0 Å². The number of methoxy groups -OCH3 is 1. The van der Waals surface area contributed by atoms with E-state index in [0.29, 0.717) is 0 Å². The molecule has 1 aliphatic heterocycles. The molecular formula is C12H19NO6. The molecule has 0 unspecified atom stereocenters. The number of aliphatic carboxylic acids is 1. The Bertz CT molecular complexity index is 386. The van der Waals surface area contributed by atoms with E-state index in [4.69, 9.17) is 9.84 Å². The van der Waals surface area contributed by atoms with E-state index in [1.54, 1.807) is 20.8 Å². The van der Waals surface area contributed by atoms with Gasteiger partial charge in [0.15, 0.2) is 0 Å². The van der Waals surface area contributed by atoms with Crippen molar-refractivity contribution < 1.29 is 29.0 Å². The predicted octanol–water partition coefficient (Wildman–Crippen LogP) is 0.870. The van der Waals surface area contributed by atoms with E-state index in [-0.39, 0.29) is 13.0 Å². The molecule has 7 nitrogen and oxygen atoms in total. The number of amides is 1. The lowest BCUT2D eigenvalue weighted by Crippen LogP contribution is -2.43. The number of carbonyl (C=O) groups is 3. The summed E-state index contributed by atoms with van der Waals surface area (Å²) in [5.74, 6) is -2.45. The molecule has 0 saturated carbocycles. The molecule has 0 aromatic rings. The molecule has 0 spiro atoms. The smallest absolute Gasteiger partial charge is 0.411 e. The van der Waals surface area contributed by atoms with Gasteiger partial charge in [-0.1, -0.05) is 0 Å². The zero-order valence-electron chi connectivity index (χ0n) is 11.5. The number of esters is 1. The summed E-state index contributed by atoms with van der Waals surface area (Å²) in [7, 11) is 1.20. The highest BCUT2D eigenvalue weighted by Crippen LogP contribution is 2.26. The Balaban J connectivity index is 2.85. The Hall–Kier alpha value is -1.79. The number of rotatable bonds is 2. The van der Waals surface area contributed by atoms with Crippen molar-refractivity contribution in [3.8, 4) is 0 Å². The lowest BCUT2D eigenvalue weighted by Gasteiger charge is -2.27. The van der Waals surface area contributed by atoms with Crippen LogP contribution in [0.2, 0.25) is 0 Å². The molecule has 1 amide bonds. The van der Waals surface area contributed by atoms with Gasteiger partial charge in [-0.15, -0.1) is 0 Å². The maximum Gasteiger partial charge on any atom is 0.411 e. The minimum absolute atomic E-state index is 0.0429. The molecule has 0 aliphatic carbocycles. The van der Waals surface area contributed by atoms with Crippen LogP contribution in [0.1, 0.15) is 27.2 Å². The van der Waals surface area contributed by atoms with Gasteiger partial charge < -0.3 is 14.6 Å². The number of hydrogen-bond donors (Lipinski definition) is 1. The van der Waals surface area contributed by atoms with Crippen LogP contribution in [0.25, 0.3) is 0 Å². The topological polar surface area (TPSA) is 93.1 Å². The fourth-order valence-electron chi connectivity index (χ4n) is 1.90. The van der Waals surface area contributed by atoms with Gasteiger partial charge in [0.25, 0.3) is 0 Å². The van der Waals surface area contributed by atoms with Gasteiger partial charge in [0, 0.05) is 6.54 Å². The average molecular weight is 273 g/mol. The van der Waals surface area contributed by atoms with Crippen molar-refractivity contribution in [1.82, 2.24) is 4.90 Å². The van der Waals surface area contributed by atoms with E-state index in [0.717, 1.165) is 4.90 Å². The standard InChI is InChI=1S/C12H19NO6/c1-12(2,3)19-11(17)13-6-7(9(14)15)5-8(13)10(16)18-4/h7-8H,5-6H2,1-4H3,(H,14,15)/t7-,8-/m1/s1. The third-order valence-corrected chi connectivity index (χ3v) is 2.75. The molecule has 19 heavy (non-hydrogen) atoms. The minimum Gasteiger partial charge on any atom is -0.481 e. The Morgan fingerprint density at radius 1 is 1.26 bits per heavy atom. The SMILES string of the molecule is COC(=O)[C@H]1C[C@@H](C(=O)O)CN1C(=O)OC(C)(C)C. The number of likely N-dealkylation sites (tertiary alicyclic amines) is 1. The Labute approximate surface area is 111 Å². The number of carbonyl (C=O) groups excluding carboxylic acids is 2. The lowest BCUT2D eigenvalue weighted by molar-refractivity contribution is -0.145. The average Bonchev–Trinajstić information content (AvgIpc) is 2.70. The molecule has 2 atom stereocenters. The molecule has 0 bridgehead atoms. The van der Waals surface area contributed by atoms with Crippen LogP contribution in [0.3, 0.4) is 0 Å². The fraction of sp³-hybridized carbons (Fsp3) is 0.750. The second kappa shape index (κ2) is 5.46. The van der Waals surface area contributed by atoms with Crippen molar-refractivity contribution in [1.29, 1.82) is 0 Å². The van der Waals surface area contributed by atoms with Crippen molar-refractivity contribution in [3.63, 3.8) is 0 Å². The van der Waals surface area contributed by atoms with Crippen LogP contribution in [-0.4, -0.2) is 53.3 Å². The summed E-state index contributed by atoms with van der Waals surface area (Å²) in [4.78, 5) is 35.7. The van der Waals surface area contributed by atoms with Gasteiger partial charge in [-0.2, -0.15) is 0 Å². The lowest BCUT2D eigenvalue weighted by atomic mass is 10.1. The summed E-state index contributed by atoms with van der Waals surface area (Å²) in [5, 5.41) is 8.99. The summed E-state index contributed by atoms with van der Waals surface area (Å²) in [5.41, 5.74) is -0.709. The van der Waals surface area contributed by atoms with Gasteiger partial charge in [-0.3, -0.25) is 9.69 Å². The van der Waals surface area contributed by atoms with Crippen molar-refractivity contribution in [2.75, 3.05) is 13.7 Å². The van der Waals surface area contributed by atoms with E-state index >= 15 is 0 Å². The molecular weight excluding hydrogens is 254 g/mol. The fourth-order valence-corrected chi connectivity index (χ4v) is 1.90. The molecule has 0 aromatic carbocycles. The van der Waals surface area contributed by atoms with Gasteiger partial charge in [0.05, 0.1) is 13.0 Å². The highest BCUT2D eigenvalue weighted by atomic mass is 16.6. The van der Waals surface area contributed by atoms with Crippen LogP contribution in [0.5, 0.6) is 0 Å². The zero-order valence-corrected chi connectivity index (χ0v) is 11.5. The highest BCUT2D eigenvalue weighted by molar-refractivity contribution is 5.84. The van der Waals surface area contributed by atoms with E-state index < -0.39 is 35.6 Å². The number of nitrogens with zero attached hydrogens (tertiary/aromatic N) is 1. The molecule has 0 radical (unpaired) electrons. The summed E-state index contributed by atoms with van der Waals surface area (Å²) in [6.45, 7) is 5.04. The summed E-state index contributed by atoms with van der Waals surface area (Å²) < 4.78 is 9.75. The Morgan fingerprint density at radius 2 is 1.84 bits per heavy atom. The van der Waals surface area contributed by atoms with Crippen molar-refractivity contribution in [3.05, 3.63) is 0 Å². The second-order valence-electron chi connectivity index (χ2n) is 5.44. The van der Waals surface area contributed by atoms with Gasteiger partial charge in [0.1, 0.15) is 11.6 Å². The molecule has 7 heteroatoms. The quantitative estimate of drug-likeness (QED) is 0.750. The number of ether oxygens (including phenoxy) is 2. The van der Waals surface area contributed by atoms with Crippen LogP contribution < -0.4 is 0 Å². The summed E-state index contributed by atoms with van der Waals surface area (Å²) in [6.07, 6.45) is -0.659. The number of carboxylic acid groups (broad SMARTS) is 1. The number of hydrogen-bond acceptors (Lipinski definition) is 5. The minimum atomic E-state index is -1.04. The first kappa shape index (κ1) is 15.3. The van der Waals surface area contributed by atoms with E-state index in [1.165, 1.54) is 7.11 Å². The van der Waals surface area contributed by atoms with Crippen LogP contribution in [0, 0.1) is 5.92 Å². The van der Waals surface area contributed by atoms with E-state index in [1.807, 2.05) is 0 Å². The molecule has 0 aromatic heterocycles. The van der Waals surface area contributed by atoms with Gasteiger partial charge >= 0.3 is 18.0 Å². The summed E-state index contributed by atoms with van der Waals surface area (Å²) in [6, 6.07) is -0.902. The van der Waals surface area contributed by atoms with E-state index in [9.17, 15) is 14.4 Å². The molecule has 1 rings (SSSR count). The van der Waals surface area contributed by atoms with Gasteiger partial charge in [0.2, 0.25) is 0 Å². The van der Waals surface area contributed by atoms with E-state index in [2.05, 4.69) is 4.74 Å². The Morgan fingerprint density at radius 3 is 2.26 bits per heavy atom. The highest BCUT2D eigenvalue weighted by Gasteiger charge is 2.44. The molecule has 1 N–H and O–H groups in total. The van der Waals surface area contributed by atoms with Gasteiger partial charge in [-0.25, -0.2) is 9.59 Å². The molecule has 108 valence electrons. The third kappa shape index (κ3) is 3.84. The van der Waals surface area contributed by atoms with Crippen LogP contribution in [-0.2, 0) is 19.1 Å². The molecule has 1 fully saturated rings. The van der Waals surface area contributed by atoms with Crippen molar-refractivity contribution in [2.24, 2.45) is 5.92 Å². The van der Waals surface area contributed by atoms with Crippen molar-refractivity contribution >= 4 is 18.0 Å². The third-order valence-electron chi connectivity index (χ3n) is 2.75. The molecule has 1 saturated heterocycles. The largest absolute Gasteiger partial charge is 0.481 e. The Kier molecular flexibility index (Phi) is 4.39. The maximum atomic E-state index is 12.0. The first-order chi connectivity index (χ1) is 8.65. The molecule has 1 aliphatic rings. The molecule has 1 heterocycles. The van der Waals surface area contributed by atoms with Crippen molar-refractivity contribution in [2.45, 2.75) is 38.8 Å². The zero-order chi connectivity index (χ0) is 14.8. The van der Waals surface area contributed by atoms with Gasteiger partial charge in [-0.05, 0) is 27.2 Å². The maximum absolute atomic E-state index is 12.0. The first-order valence-electron chi connectivity index (χ1n) is 5.96. The van der Waals surface area contributed by atoms with Crippen LogP contribution in [0.15, 0.2) is 0 Å². The van der Waals surface area contributed by atoms with Crippen LogP contribution in [0.4, 0.5) is 4.79 Å².